The molecular weight excluding hydrogens is 472 g/mol. The van der Waals surface area contributed by atoms with Crippen molar-refractivity contribution >= 4 is 73.8 Å². The molecule has 5 heteroatoms. The van der Waals surface area contributed by atoms with Gasteiger partial charge in [-0.3, -0.25) is 0 Å². The van der Waals surface area contributed by atoms with Crippen molar-refractivity contribution in [3.8, 4) is 0 Å². The van der Waals surface area contributed by atoms with Gasteiger partial charge in [0, 0.05) is 0 Å². The predicted octanol–water partition coefficient (Wildman–Crippen LogP) is 4.53. The molecule has 3 aromatic rings. The van der Waals surface area contributed by atoms with E-state index in [1.54, 1.807) is 0 Å². The van der Waals surface area contributed by atoms with Crippen molar-refractivity contribution in [3.05, 3.63) is 72.8 Å². The Morgan fingerprint density at radius 2 is 0.625 bits per heavy atom. The fourth-order valence-electron chi connectivity index (χ4n) is 4.10. The lowest BCUT2D eigenvalue weighted by Crippen LogP contribution is -2.65. The van der Waals surface area contributed by atoms with Crippen LogP contribution in [-0.2, 0) is 0 Å². The van der Waals surface area contributed by atoms with Crippen LogP contribution < -0.4 is 31.1 Å². The molecule has 0 aliphatic heterocycles. The van der Waals surface area contributed by atoms with Gasteiger partial charge in [-0.15, -0.1) is 11.1 Å². The standard InChI is InChI=1S/C27H39ClSi4/c1-29(2,3)22-13-10-16-25(19-22)32(28,26-17-11-14-23(20-26)30(4,5)6)27-18-12-15-24(21-27)31(7,8)9/h10-21H,1-9H3. The van der Waals surface area contributed by atoms with Gasteiger partial charge in [-0.05, 0) is 15.6 Å². The van der Waals surface area contributed by atoms with Crippen LogP contribution in [0, 0.1) is 0 Å². The lowest BCUT2D eigenvalue weighted by molar-refractivity contribution is 1.67. The fraction of sp³-hybridized carbons (Fsp3) is 0.333. The van der Waals surface area contributed by atoms with Crippen LogP contribution in [0.25, 0.3) is 0 Å². The molecule has 0 amide bonds. The average Bonchev–Trinajstić information content (AvgIpc) is 2.71. The zero-order chi connectivity index (χ0) is 23.9. The van der Waals surface area contributed by atoms with Gasteiger partial charge >= 0.3 is 0 Å². The van der Waals surface area contributed by atoms with Crippen LogP contribution >= 0.6 is 11.1 Å². The molecule has 170 valence electrons. The van der Waals surface area contributed by atoms with Crippen molar-refractivity contribution in [2.45, 2.75) is 58.9 Å². The summed E-state index contributed by atoms with van der Waals surface area (Å²) in [6.07, 6.45) is 0. The van der Waals surface area contributed by atoms with E-state index in [2.05, 4.69) is 132 Å². The first-order valence-corrected chi connectivity index (χ1v) is 25.2. The second-order valence-electron chi connectivity index (χ2n) is 12.2. The Balaban J connectivity index is 2.33. The summed E-state index contributed by atoms with van der Waals surface area (Å²) in [6.45, 7) is 21.8. The summed E-state index contributed by atoms with van der Waals surface area (Å²) >= 11 is 7.97. The van der Waals surface area contributed by atoms with E-state index in [1.807, 2.05) is 0 Å². The van der Waals surface area contributed by atoms with Crippen molar-refractivity contribution < 1.29 is 0 Å². The smallest absolute Gasteiger partial charge is 0.149 e. The molecule has 0 heterocycles. The second kappa shape index (κ2) is 8.88. The molecule has 0 unspecified atom stereocenters. The van der Waals surface area contributed by atoms with Crippen molar-refractivity contribution in [2.75, 3.05) is 0 Å². The molecule has 0 atom stereocenters. The molecule has 0 saturated heterocycles. The van der Waals surface area contributed by atoms with Crippen LogP contribution in [-0.4, -0.2) is 31.6 Å². The van der Waals surface area contributed by atoms with Gasteiger partial charge in [-0.25, -0.2) is 0 Å². The molecule has 0 bridgehead atoms. The SMILES string of the molecule is C[Si](C)(C)c1cccc([Si](Cl)(c2cccc([Si](C)(C)C)c2)c2cccc([Si](C)(C)C)c2)c1. The number of hydrogen-bond donors (Lipinski definition) is 0. The molecule has 0 radical (unpaired) electrons. The van der Waals surface area contributed by atoms with Gasteiger partial charge in [0.25, 0.3) is 0 Å². The first-order valence-electron chi connectivity index (χ1n) is 11.7. The largest absolute Gasteiger partial charge is 0.247 e. The lowest BCUT2D eigenvalue weighted by Gasteiger charge is -2.31. The lowest BCUT2D eigenvalue weighted by atomic mass is 10.3. The number of hydrogen-bond acceptors (Lipinski definition) is 0. The Morgan fingerprint density at radius 3 is 0.844 bits per heavy atom. The molecule has 0 saturated carbocycles. The summed E-state index contributed by atoms with van der Waals surface area (Å²) in [5.41, 5.74) is 0. The summed E-state index contributed by atoms with van der Waals surface area (Å²) in [6, 6.07) is 27.8. The molecular formula is C27H39ClSi4. The Kier molecular flexibility index (Phi) is 7.06. The molecule has 0 aromatic heterocycles. The fourth-order valence-corrected chi connectivity index (χ4v) is 12.2. The Morgan fingerprint density at radius 1 is 0.406 bits per heavy atom. The van der Waals surface area contributed by atoms with Crippen LogP contribution in [0.15, 0.2) is 72.8 Å². The quantitative estimate of drug-likeness (QED) is 0.259. The highest BCUT2D eigenvalue weighted by Gasteiger charge is 2.40. The van der Waals surface area contributed by atoms with E-state index in [1.165, 1.54) is 31.1 Å². The van der Waals surface area contributed by atoms with E-state index in [-0.39, 0.29) is 0 Å². The highest BCUT2D eigenvalue weighted by Crippen LogP contribution is 2.14. The van der Waals surface area contributed by atoms with Crippen molar-refractivity contribution in [1.82, 2.24) is 0 Å². The van der Waals surface area contributed by atoms with Crippen LogP contribution in [0.3, 0.4) is 0 Å². The molecule has 3 aromatic carbocycles. The summed E-state index contributed by atoms with van der Waals surface area (Å²) in [7, 11) is -7.02. The van der Waals surface area contributed by atoms with Gasteiger partial charge in [0.1, 0.15) is 0 Å². The first-order chi connectivity index (χ1) is 14.6. The maximum Gasteiger partial charge on any atom is 0.247 e. The van der Waals surface area contributed by atoms with Gasteiger partial charge in [0.2, 0.25) is 7.38 Å². The molecule has 0 aliphatic rings. The maximum atomic E-state index is 7.97. The van der Waals surface area contributed by atoms with E-state index < -0.39 is 31.6 Å². The van der Waals surface area contributed by atoms with Crippen LogP contribution in [0.2, 0.25) is 58.9 Å². The van der Waals surface area contributed by atoms with Crippen LogP contribution in [0.1, 0.15) is 0 Å². The van der Waals surface area contributed by atoms with E-state index in [9.17, 15) is 0 Å². The van der Waals surface area contributed by atoms with Crippen LogP contribution in [0.4, 0.5) is 0 Å². The maximum absolute atomic E-state index is 7.97. The number of benzene rings is 3. The first kappa shape index (κ1) is 25.4. The summed E-state index contributed by atoms with van der Waals surface area (Å²) in [5, 5.41) is 8.40. The van der Waals surface area contributed by atoms with E-state index in [0.29, 0.717) is 0 Å². The third-order valence-corrected chi connectivity index (χ3v) is 17.8. The Bertz CT molecular complexity index is 962. The van der Waals surface area contributed by atoms with Gasteiger partial charge in [0.05, 0.1) is 24.2 Å². The third-order valence-electron chi connectivity index (χ3n) is 6.38. The zero-order valence-corrected chi connectivity index (χ0v) is 26.1. The zero-order valence-electron chi connectivity index (χ0n) is 21.3. The van der Waals surface area contributed by atoms with Gasteiger partial charge in [0.15, 0.2) is 0 Å². The molecule has 0 aliphatic carbocycles. The molecule has 0 fully saturated rings. The highest BCUT2D eigenvalue weighted by atomic mass is 35.6. The van der Waals surface area contributed by atoms with Crippen LogP contribution in [0.5, 0.6) is 0 Å². The molecule has 0 N–H and O–H groups in total. The van der Waals surface area contributed by atoms with Gasteiger partial charge < -0.3 is 0 Å². The average molecular weight is 511 g/mol. The minimum absolute atomic E-state index is 1.32. The molecule has 0 nitrogen and oxygen atoms in total. The third kappa shape index (κ3) is 5.31. The summed E-state index contributed by atoms with van der Waals surface area (Å²) < 4.78 is 0. The topological polar surface area (TPSA) is 0 Å². The molecule has 3 rings (SSSR count). The minimum atomic E-state index is -2.67. The van der Waals surface area contributed by atoms with E-state index >= 15 is 0 Å². The summed E-state index contributed by atoms with van der Waals surface area (Å²) in [5.74, 6) is 0. The molecule has 32 heavy (non-hydrogen) atoms. The number of rotatable bonds is 6. The van der Waals surface area contributed by atoms with E-state index in [4.69, 9.17) is 11.1 Å². The van der Waals surface area contributed by atoms with Crippen molar-refractivity contribution in [3.63, 3.8) is 0 Å². The number of halogens is 1. The summed E-state index contributed by atoms with van der Waals surface area (Å²) in [4.78, 5) is 0. The predicted molar refractivity (Wildman–Crippen MR) is 159 cm³/mol. The normalized spacial score (nSPS) is 13.3. The van der Waals surface area contributed by atoms with Crippen molar-refractivity contribution in [1.29, 1.82) is 0 Å². The second-order valence-corrected chi connectivity index (χ2v) is 32.1. The van der Waals surface area contributed by atoms with Gasteiger partial charge in [-0.1, -0.05) is 147 Å². The monoisotopic (exact) mass is 510 g/mol. The highest BCUT2D eigenvalue weighted by molar-refractivity contribution is 7.40. The minimum Gasteiger partial charge on any atom is -0.149 e. The molecule has 0 spiro atoms. The Hall–Kier alpha value is -1.18. The van der Waals surface area contributed by atoms with Crippen molar-refractivity contribution in [2.24, 2.45) is 0 Å². The Labute approximate surface area is 204 Å². The van der Waals surface area contributed by atoms with Gasteiger partial charge in [-0.2, -0.15) is 0 Å². The van der Waals surface area contributed by atoms with E-state index in [0.717, 1.165) is 0 Å².